The average molecular weight is 166 g/mol. The fourth-order valence-corrected chi connectivity index (χ4v) is 1.03. The van der Waals surface area contributed by atoms with E-state index in [0.29, 0.717) is 0 Å². The molecule has 11 heavy (non-hydrogen) atoms. The van der Waals surface area contributed by atoms with E-state index in [9.17, 15) is 0 Å². The summed E-state index contributed by atoms with van der Waals surface area (Å²) in [4.78, 5) is 0. The van der Waals surface area contributed by atoms with Crippen molar-refractivity contribution in [1.82, 2.24) is 0 Å². The van der Waals surface area contributed by atoms with Crippen molar-refractivity contribution in [1.29, 1.82) is 0 Å². The summed E-state index contributed by atoms with van der Waals surface area (Å²) >= 11 is 0. The third-order valence-electron chi connectivity index (χ3n) is 1.39. The molecule has 1 aromatic carbocycles. The molecule has 0 bridgehead atoms. The van der Waals surface area contributed by atoms with E-state index in [-0.39, 0.29) is 5.50 Å². The summed E-state index contributed by atoms with van der Waals surface area (Å²) in [5.74, 6) is 0. The Morgan fingerprint density at radius 1 is 1.36 bits per heavy atom. The van der Waals surface area contributed by atoms with Crippen LogP contribution in [0.1, 0.15) is 11.1 Å². The van der Waals surface area contributed by atoms with Crippen LogP contribution in [0.2, 0.25) is 0 Å². The maximum absolute atomic E-state index is 8.90. The predicted octanol–water partition coefficient (Wildman–Crippen LogP) is 2.73. The van der Waals surface area contributed by atoms with E-state index in [2.05, 4.69) is 9.24 Å². The molecule has 0 radical (unpaired) electrons. The Labute approximate surface area is 69.0 Å². The number of aliphatic hydroxyl groups is 1. The van der Waals surface area contributed by atoms with Crippen LogP contribution < -0.4 is 0 Å². The molecular formula is C9H11OP. The van der Waals surface area contributed by atoms with Crippen molar-refractivity contribution in [2.75, 3.05) is 0 Å². The highest BCUT2D eigenvalue weighted by Crippen LogP contribution is 2.09. The number of benzene rings is 1. The molecule has 0 aliphatic rings. The summed E-state index contributed by atoms with van der Waals surface area (Å²) in [6.45, 7) is 2.04. The highest BCUT2D eigenvalue weighted by Gasteiger charge is 1.87. The van der Waals surface area contributed by atoms with Crippen LogP contribution in [0.25, 0.3) is 6.08 Å². The fourth-order valence-electron chi connectivity index (χ4n) is 0.833. The number of hydrogen-bond donors (Lipinski definition) is 1. The van der Waals surface area contributed by atoms with Gasteiger partial charge in [-0.1, -0.05) is 39.1 Å². The Morgan fingerprint density at radius 2 is 1.91 bits per heavy atom. The highest BCUT2D eigenvalue weighted by atomic mass is 31.0. The Kier molecular flexibility index (Phi) is 2.67. The zero-order valence-corrected chi connectivity index (χ0v) is 7.57. The molecular weight excluding hydrogens is 155 g/mol. The molecule has 0 saturated heterocycles. The lowest BCUT2D eigenvalue weighted by atomic mass is 10.1. The van der Waals surface area contributed by atoms with Gasteiger partial charge in [-0.05, 0) is 18.6 Å². The Balaban J connectivity index is 2.91. The van der Waals surface area contributed by atoms with Gasteiger partial charge in [-0.15, -0.1) is 0 Å². The van der Waals surface area contributed by atoms with Crippen molar-refractivity contribution >= 4 is 15.3 Å². The third kappa shape index (κ3) is 2.73. The van der Waals surface area contributed by atoms with Crippen molar-refractivity contribution in [3.8, 4) is 0 Å². The molecule has 0 amide bonds. The zero-order chi connectivity index (χ0) is 8.27. The number of hydrogen-bond acceptors (Lipinski definition) is 1. The lowest BCUT2D eigenvalue weighted by Gasteiger charge is -1.94. The molecule has 1 atom stereocenters. The second kappa shape index (κ2) is 3.54. The van der Waals surface area contributed by atoms with Crippen LogP contribution in [-0.2, 0) is 0 Å². The van der Waals surface area contributed by atoms with Crippen molar-refractivity contribution in [2.45, 2.75) is 6.92 Å². The molecule has 2 heteroatoms. The maximum Gasteiger partial charge on any atom is 0.108 e. The van der Waals surface area contributed by atoms with Gasteiger partial charge in [0.25, 0.3) is 0 Å². The first-order valence-electron chi connectivity index (χ1n) is 3.41. The van der Waals surface area contributed by atoms with E-state index < -0.39 is 0 Å². The van der Waals surface area contributed by atoms with Gasteiger partial charge in [-0.2, -0.15) is 0 Å². The van der Waals surface area contributed by atoms with Crippen LogP contribution >= 0.6 is 9.24 Å². The quantitative estimate of drug-likeness (QED) is 0.502. The SMILES string of the molecule is Cc1ccc(C=C(O)P)cc1. The molecule has 0 fully saturated rings. The first-order valence-corrected chi connectivity index (χ1v) is 3.99. The summed E-state index contributed by atoms with van der Waals surface area (Å²) in [6, 6.07) is 7.96. The summed E-state index contributed by atoms with van der Waals surface area (Å²) in [5.41, 5.74) is 2.50. The van der Waals surface area contributed by atoms with Crippen LogP contribution in [0.4, 0.5) is 0 Å². The lowest BCUT2D eigenvalue weighted by molar-refractivity contribution is 0.461. The van der Waals surface area contributed by atoms with E-state index in [4.69, 9.17) is 5.11 Å². The molecule has 0 aliphatic carbocycles. The van der Waals surface area contributed by atoms with Crippen LogP contribution in [0, 0.1) is 6.92 Å². The molecule has 1 N–H and O–H groups in total. The second-order valence-corrected chi connectivity index (χ2v) is 3.07. The molecule has 0 saturated carbocycles. The first-order chi connectivity index (χ1) is 5.18. The van der Waals surface area contributed by atoms with Gasteiger partial charge in [0.2, 0.25) is 0 Å². The van der Waals surface area contributed by atoms with E-state index in [1.54, 1.807) is 6.08 Å². The molecule has 0 aliphatic heterocycles. The minimum Gasteiger partial charge on any atom is -0.508 e. The summed E-state index contributed by atoms with van der Waals surface area (Å²) < 4.78 is 0. The van der Waals surface area contributed by atoms with Gasteiger partial charge < -0.3 is 5.11 Å². The second-order valence-electron chi connectivity index (χ2n) is 2.48. The minimum absolute atomic E-state index is 0.258. The Hall–Kier alpha value is -0.810. The summed E-state index contributed by atoms with van der Waals surface area (Å²) in [5, 5.41) is 8.90. The number of aliphatic hydroxyl groups excluding tert-OH is 1. The largest absolute Gasteiger partial charge is 0.508 e. The molecule has 0 spiro atoms. The fraction of sp³-hybridized carbons (Fsp3) is 0.111. The monoisotopic (exact) mass is 166 g/mol. The van der Waals surface area contributed by atoms with Gasteiger partial charge >= 0.3 is 0 Å². The van der Waals surface area contributed by atoms with Crippen molar-refractivity contribution in [3.05, 3.63) is 40.9 Å². The standard InChI is InChI=1S/C9H11OP/c1-7-2-4-8(5-3-7)6-9(10)11/h2-6,10H,11H2,1H3. The molecule has 1 aromatic rings. The normalized spacial score (nSPS) is 11.6. The summed E-state index contributed by atoms with van der Waals surface area (Å²) in [7, 11) is 2.24. The van der Waals surface area contributed by atoms with Crippen LogP contribution in [0.15, 0.2) is 29.8 Å². The lowest BCUT2D eigenvalue weighted by Crippen LogP contribution is -1.74. The van der Waals surface area contributed by atoms with Crippen LogP contribution in [-0.4, -0.2) is 5.11 Å². The molecule has 0 heterocycles. The predicted molar refractivity (Wildman–Crippen MR) is 51.5 cm³/mol. The highest BCUT2D eigenvalue weighted by molar-refractivity contribution is 7.22. The molecule has 1 rings (SSSR count). The van der Waals surface area contributed by atoms with Crippen LogP contribution in [0.5, 0.6) is 0 Å². The zero-order valence-electron chi connectivity index (χ0n) is 6.41. The third-order valence-corrected chi connectivity index (χ3v) is 1.56. The van der Waals surface area contributed by atoms with Gasteiger partial charge in [0, 0.05) is 0 Å². The van der Waals surface area contributed by atoms with Gasteiger partial charge in [-0.3, -0.25) is 0 Å². The van der Waals surface area contributed by atoms with E-state index in [1.165, 1.54) is 5.56 Å². The van der Waals surface area contributed by atoms with Crippen molar-refractivity contribution in [2.24, 2.45) is 0 Å². The molecule has 1 nitrogen and oxygen atoms in total. The van der Waals surface area contributed by atoms with E-state index in [0.717, 1.165) is 5.56 Å². The maximum atomic E-state index is 8.90. The Bertz CT molecular complexity index is 257. The number of rotatable bonds is 1. The topological polar surface area (TPSA) is 20.2 Å². The van der Waals surface area contributed by atoms with Gasteiger partial charge in [-0.25, -0.2) is 0 Å². The van der Waals surface area contributed by atoms with E-state index >= 15 is 0 Å². The van der Waals surface area contributed by atoms with Crippen molar-refractivity contribution < 1.29 is 5.11 Å². The smallest absolute Gasteiger partial charge is 0.108 e. The van der Waals surface area contributed by atoms with Gasteiger partial charge in [0.1, 0.15) is 5.50 Å². The van der Waals surface area contributed by atoms with Gasteiger partial charge in [0.05, 0.1) is 0 Å². The molecule has 58 valence electrons. The Morgan fingerprint density at radius 3 is 2.36 bits per heavy atom. The minimum atomic E-state index is 0.258. The summed E-state index contributed by atoms with van der Waals surface area (Å²) in [6.07, 6.45) is 1.70. The number of aryl methyl sites for hydroxylation is 1. The van der Waals surface area contributed by atoms with Gasteiger partial charge in [0.15, 0.2) is 0 Å². The molecule has 1 unspecified atom stereocenters. The molecule has 0 aromatic heterocycles. The van der Waals surface area contributed by atoms with E-state index in [1.807, 2.05) is 31.2 Å². The average Bonchev–Trinajstić information content (AvgIpc) is 1.93. The first kappa shape index (κ1) is 8.29. The van der Waals surface area contributed by atoms with Crippen LogP contribution in [0.3, 0.4) is 0 Å². The van der Waals surface area contributed by atoms with Crippen molar-refractivity contribution in [3.63, 3.8) is 0 Å².